The van der Waals surface area contributed by atoms with Crippen LogP contribution < -0.4 is 19.5 Å². The Morgan fingerprint density at radius 2 is 1.79 bits per heavy atom. The highest BCUT2D eigenvalue weighted by Gasteiger charge is 2.10. The van der Waals surface area contributed by atoms with Crippen LogP contribution in [0.4, 0.5) is 5.69 Å². The molecule has 0 saturated heterocycles. The van der Waals surface area contributed by atoms with Crippen molar-refractivity contribution in [3.63, 3.8) is 0 Å². The lowest BCUT2D eigenvalue weighted by Crippen LogP contribution is -2.21. The summed E-state index contributed by atoms with van der Waals surface area (Å²) >= 11 is 5.96. The molecule has 2 aromatic carbocycles. The summed E-state index contributed by atoms with van der Waals surface area (Å²) in [4.78, 5) is 23.7. The van der Waals surface area contributed by atoms with Crippen LogP contribution in [0.2, 0.25) is 5.02 Å². The first-order valence-corrected chi connectivity index (χ1v) is 9.37. The number of esters is 1. The zero-order valence-electron chi connectivity index (χ0n) is 16.6. The molecule has 0 unspecified atom stereocenters. The molecule has 2 aromatic rings. The largest absolute Gasteiger partial charge is 0.494 e. The maximum atomic E-state index is 11.9. The lowest BCUT2D eigenvalue weighted by Gasteiger charge is -2.11. The molecule has 1 amide bonds. The molecule has 0 aromatic heterocycles. The molecule has 156 valence electrons. The van der Waals surface area contributed by atoms with Crippen LogP contribution in [0.1, 0.15) is 18.4 Å². The Kier molecular flexibility index (Phi) is 8.61. The molecule has 0 saturated carbocycles. The Morgan fingerprint density at radius 1 is 1.03 bits per heavy atom. The van der Waals surface area contributed by atoms with E-state index in [1.807, 2.05) is 13.0 Å². The van der Waals surface area contributed by atoms with Gasteiger partial charge in [-0.25, -0.2) is 0 Å². The normalized spacial score (nSPS) is 10.2. The predicted octanol–water partition coefficient (Wildman–Crippen LogP) is 4.01. The van der Waals surface area contributed by atoms with Gasteiger partial charge in [0.1, 0.15) is 5.75 Å². The number of carbonyl (C=O) groups is 2. The second kappa shape index (κ2) is 11.2. The van der Waals surface area contributed by atoms with Crippen LogP contribution in [0.5, 0.6) is 17.2 Å². The van der Waals surface area contributed by atoms with Gasteiger partial charge in [0.2, 0.25) is 0 Å². The first-order valence-electron chi connectivity index (χ1n) is 8.99. The number of hydrogen-bond donors (Lipinski definition) is 1. The maximum Gasteiger partial charge on any atom is 0.306 e. The molecule has 0 fully saturated rings. The van der Waals surface area contributed by atoms with Gasteiger partial charge in [-0.2, -0.15) is 0 Å². The summed E-state index contributed by atoms with van der Waals surface area (Å²) in [5, 5.41) is 3.31. The minimum atomic E-state index is -0.469. The van der Waals surface area contributed by atoms with Crippen molar-refractivity contribution < 1.29 is 28.5 Å². The average molecular weight is 422 g/mol. The maximum absolute atomic E-state index is 11.9. The summed E-state index contributed by atoms with van der Waals surface area (Å²) in [5.41, 5.74) is 1.43. The second-order valence-corrected chi connectivity index (χ2v) is 6.55. The molecule has 0 aliphatic heterocycles. The van der Waals surface area contributed by atoms with Gasteiger partial charge < -0.3 is 24.3 Å². The monoisotopic (exact) mass is 421 g/mol. The molecule has 0 atom stereocenters. The number of anilines is 1. The summed E-state index contributed by atoms with van der Waals surface area (Å²) in [6, 6.07) is 10.3. The van der Waals surface area contributed by atoms with E-state index in [4.69, 9.17) is 30.5 Å². The Hall–Kier alpha value is -2.93. The Bertz CT molecular complexity index is 855. The number of amides is 1. The third kappa shape index (κ3) is 7.19. The van der Waals surface area contributed by atoms with Crippen LogP contribution in [0.25, 0.3) is 0 Å². The number of methoxy groups -OCH3 is 2. The van der Waals surface area contributed by atoms with Crippen LogP contribution in [0, 0.1) is 6.92 Å². The fourth-order valence-corrected chi connectivity index (χ4v) is 2.56. The third-order valence-electron chi connectivity index (χ3n) is 3.95. The number of halogens is 1. The summed E-state index contributed by atoms with van der Waals surface area (Å²) in [6.07, 6.45) is 0.619. The van der Waals surface area contributed by atoms with E-state index in [1.54, 1.807) is 30.3 Å². The minimum Gasteiger partial charge on any atom is -0.494 e. The standard InChI is InChI=1S/C21H24ClNO6/c1-14-11-16(7-8-17(14)22)28-10-4-5-21(25)29-13-20(24)23-15-6-9-18(26-2)19(12-15)27-3/h6-9,11-12H,4-5,10,13H2,1-3H3,(H,23,24). The predicted molar refractivity (Wildman–Crippen MR) is 110 cm³/mol. The van der Waals surface area contributed by atoms with E-state index in [0.29, 0.717) is 41.0 Å². The fraction of sp³-hybridized carbons (Fsp3) is 0.333. The molecule has 8 heteroatoms. The first kappa shape index (κ1) is 22.4. The highest BCUT2D eigenvalue weighted by molar-refractivity contribution is 6.31. The zero-order valence-corrected chi connectivity index (χ0v) is 17.4. The molecule has 0 radical (unpaired) electrons. The van der Waals surface area contributed by atoms with Gasteiger partial charge in [-0.3, -0.25) is 9.59 Å². The number of carbonyl (C=O) groups excluding carboxylic acids is 2. The van der Waals surface area contributed by atoms with Crippen molar-refractivity contribution in [3.8, 4) is 17.2 Å². The minimum absolute atomic E-state index is 0.149. The van der Waals surface area contributed by atoms with Gasteiger partial charge in [0, 0.05) is 23.2 Å². The topological polar surface area (TPSA) is 83.1 Å². The number of aryl methyl sites for hydroxylation is 1. The van der Waals surface area contributed by atoms with Gasteiger partial charge in [0.05, 0.1) is 20.8 Å². The molecule has 0 bridgehead atoms. The van der Waals surface area contributed by atoms with Gasteiger partial charge >= 0.3 is 5.97 Å². The fourth-order valence-electron chi connectivity index (χ4n) is 2.44. The molecule has 7 nitrogen and oxygen atoms in total. The summed E-state index contributed by atoms with van der Waals surface area (Å²) in [7, 11) is 3.03. The van der Waals surface area contributed by atoms with Crippen molar-refractivity contribution >= 4 is 29.2 Å². The van der Waals surface area contributed by atoms with Crippen molar-refractivity contribution in [1.82, 2.24) is 0 Å². The van der Waals surface area contributed by atoms with E-state index in [9.17, 15) is 9.59 Å². The molecule has 0 heterocycles. The molecular weight excluding hydrogens is 398 g/mol. The second-order valence-electron chi connectivity index (χ2n) is 6.14. The first-order chi connectivity index (χ1) is 13.9. The SMILES string of the molecule is COc1ccc(NC(=O)COC(=O)CCCOc2ccc(Cl)c(C)c2)cc1OC. The van der Waals surface area contributed by atoms with Gasteiger partial charge in [0.15, 0.2) is 18.1 Å². The average Bonchev–Trinajstić information content (AvgIpc) is 2.72. The quantitative estimate of drug-likeness (QED) is 0.461. The third-order valence-corrected chi connectivity index (χ3v) is 4.38. The van der Waals surface area contributed by atoms with Crippen LogP contribution in [0.15, 0.2) is 36.4 Å². The molecule has 0 aliphatic rings. The van der Waals surface area contributed by atoms with Crippen LogP contribution in [-0.2, 0) is 14.3 Å². The molecule has 0 aliphatic carbocycles. The Morgan fingerprint density at radius 3 is 2.48 bits per heavy atom. The lowest BCUT2D eigenvalue weighted by atomic mass is 10.2. The van der Waals surface area contributed by atoms with Crippen molar-refractivity contribution in [3.05, 3.63) is 47.0 Å². The number of hydrogen-bond acceptors (Lipinski definition) is 6. The highest BCUT2D eigenvalue weighted by atomic mass is 35.5. The van der Waals surface area contributed by atoms with E-state index >= 15 is 0 Å². The molecule has 2 rings (SSSR count). The van der Waals surface area contributed by atoms with Crippen molar-refractivity contribution in [2.75, 3.05) is 32.8 Å². The molecule has 0 spiro atoms. The van der Waals surface area contributed by atoms with Crippen molar-refractivity contribution in [2.24, 2.45) is 0 Å². The van der Waals surface area contributed by atoms with Gasteiger partial charge in [-0.1, -0.05) is 11.6 Å². The smallest absolute Gasteiger partial charge is 0.306 e. The number of benzene rings is 2. The van der Waals surface area contributed by atoms with E-state index in [2.05, 4.69) is 5.32 Å². The van der Waals surface area contributed by atoms with E-state index < -0.39 is 11.9 Å². The van der Waals surface area contributed by atoms with Crippen LogP contribution in [0.3, 0.4) is 0 Å². The summed E-state index contributed by atoms with van der Waals surface area (Å²) in [6.45, 7) is 1.87. The van der Waals surface area contributed by atoms with E-state index in [0.717, 1.165) is 5.56 Å². The number of nitrogens with one attached hydrogen (secondary N) is 1. The number of ether oxygens (including phenoxy) is 4. The molecule has 1 N–H and O–H groups in total. The van der Waals surface area contributed by atoms with Crippen molar-refractivity contribution in [2.45, 2.75) is 19.8 Å². The van der Waals surface area contributed by atoms with Gasteiger partial charge in [0.25, 0.3) is 5.91 Å². The summed E-state index contributed by atoms with van der Waals surface area (Å²) < 4.78 is 20.9. The van der Waals surface area contributed by atoms with Crippen LogP contribution in [-0.4, -0.2) is 39.3 Å². The van der Waals surface area contributed by atoms with Gasteiger partial charge in [-0.15, -0.1) is 0 Å². The van der Waals surface area contributed by atoms with Crippen molar-refractivity contribution in [1.29, 1.82) is 0 Å². The Labute approximate surface area is 174 Å². The zero-order chi connectivity index (χ0) is 21.2. The molecular formula is C21H24ClNO6. The highest BCUT2D eigenvalue weighted by Crippen LogP contribution is 2.29. The Balaban J connectivity index is 1.68. The molecule has 29 heavy (non-hydrogen) atoms. The van der Waals surface area contributed by atoms with Crippen LogP contribution >= 0.6 is 11.6 Å². The lowest BCUT2D eigenvalue weighted by molar-refractivity contribution is -0.147. The van der Waals surface area contributed by atoms with E-state index in [1.165, 1.54) is 14.2 Å². The van der Waals surface area contributed by atoms with E-state index in [-0.39, 0.29) is 13.0 Å². The van der Waals surface area contributed by atoms with Gasteiger partial charge in [-0.05, 0) is 49.2 Å². The summed E-state index contributed by atoms with van der Waals surface area (Å²) in [5.74, 6) is 0.808. The number of rotatable bonds is 10.